The van der Waals surface area contributed by atoms with Gasteiger partial charge in [-0.15, -0.1) is 10.2 Å². The molecule has 0 saturated carbocycles. The molecule has 3 rings (SSSR count). The van der Waals surface area contributed by atoms with E-state index in [2.05, 4.69) is 22.1 Å². The van der Waals surface area contributed by atoms with Gasteiger partial charge in [-0.1, -0.05) is 24.7 Å². The summed E-state index contributed by atoms with van der Waals surface area (Å²) in [4.78, 5) is 4.45. The summed E-state index contributed by atoms with van der Waals surface area (Å²) in [6.07, 6.45) is 2.18. The number of benzene rings is 2. The molecule has 0 aliphatic rings. The van der Waals surface area contributed by atoms with Gasteiger partial charge in [0.15, 0.2) is 0 Å². The lowest BCUT2D eigenvalue weighted by Crippen LogP contribution is -1.95. The lowest BCUT2D eigenvalue weighted by molar-refractivity contribution is 0.309. The Balaban J connectivity index is 1.68. The lowest BCUT2D eigenvalue weighted by Gasteiger charge is -2.04. The van der Waals surface area contributed by atoms with Crippen LogP contribution in [0.4, 0.5) is 10.8 Å². The van der Waals surface area contributed by atoms with Gasteiger partial charge in [-0.2, -0.15) is 0 Å². The molecular weight excluding hydrogens is 322 g/mol. The molecule has 0 aliphatic heterocycles. The summed E-state index contributed by atoms with van der Waals surface area (Å²) in [7, 11) is 1.65. The Morgan fingerprint density at radius 1 is 1.04 bits per heavy atom. The molecule has 2 aromatic carbocycles. The molecule has 0 unspecified atom stereocenters. The highest BCUT2D eigenvalue weighted by Gasteiger charge is 2.04. The summed E-state index contributed by atoms with van der Waals surface area (Å²) in [6, 6.07) is 13.4. The monoisotopic (exact) mass is 341 g/mol. The number of hydrogen-bond acceptors (Lipinski definition) is 6. The smallest absolute Gasteiger partial charge is 0.231 e. The van der Waals surface area contributed by atoms with Crippen LogP contribution in [0.2, 0.25) is 0 Å². The third-order valence-corrected chi connectivity index (χ3v) is 4.34. The summed E-state index contributed by atoms with van der Waals surface area (Å²) in [6.45, 7) is 2.89. The van der Waals surface area contributed by atoms with Gasteiger partial charge in [0.2, 0.25) is 5.13 Å². The highest BCUT2D eigenvalue weighted by atomic mass is 32.1. The summed E-state index contributed by atoms with van der Waals surface area (Å²) in [5, 5.41) is 9.09. The molecule has 0 radical (unpaired) electrons. The van der Waals surface area contributed by atoms with E-state index in [4.69, 9.17) is 9.47 Å². The van der Waals surface area contributed by atoms with Crippen LogP contribution in [0.5, 0.6) is 11.5 Å². The number of ether oxygens (including phenoxy) is 2. The van der Waals surface area contributed by atoms with Crippen molar-refractivity contribution in [1.82, 2.24) is 4.98 Å². The van der Waals surface area contributed by atoms with Gasteiger partial charge in [0, 0.05) is 0 Å². The lowest BCUT2D eigenvalue weighted by atomic mass is 10.3. The molecule has 5 nitrogen and oxygen atoms in total. The van der Waals surface area contributed by atoms with Crippen LogP contribution in [0.15, 0.2) is 52.7 Å². The van der Waals surface area contributed by atoms with Gasteiger partial charge in [0.1, 0.15) is 11.5 Å². The van der Waals surface area contributed by atoms with Crippen LogP contribution in [-0.4, -0.2) is 18.7 Å². The number of rotatable bonds is 7. The van der Waals surface area contributed by atoms with Crippen molar-refractivity contribution in [3.63, 3.8) is 0 Å². The normalized spacial score (nSPS) is 11.2. The number of thiazole rings is 1. The number of aromatic nitrogens is 1. The van der Waals surface area contributed by atoms with Crippen molar-refractivity contribution < 1.29 is 9.47 Å². The largest absolute Gasteiger partial charge is 0.497 e. The van der Waals surface area contributed by atoms with Gasteiger partial charge in [0.05, 0.1) is 29.6 Å². The fraction of sp³-hybridized carbons (Fsp3) is 0.278. The Labute approximate surface area is 145 Å². The molecule has 0 amide bonds. The van der Waals surface area contributed by atoms with Crippen LogP contribution < -0.4 is 9.47 Å². The van der Waals surface area contributed by atoms with Crippen molar-refractivity contribution in [1.29, 1.82) is 0 Å². The minimum absolute atomic E-state index is 0.626. The van der Waals surface area contributed by atoms with Crippen molar-refractivity contribution in [2.45, 2.75) is 19.8 Å². The molecule has 1 aromatic heterocycles. The zero-order valence-electron chi connectivity index (χ0n) is 13.7. The summed E-state index contributed by atoms with van der Waals surface area (Å²) in [5.41, 5.74) is 1.67. The number of methoxy groups -OCH3 is 1. The van der Waals surface area contributed by atoms with Crippen molar-refractivity contribution >= 4 is 32.4 Å². The van der Waals surface area contributed by atoms with E-state index in [-0.39, 0.29) is 0 Å². The molecule has 0 atom stereocenters. The minimum atomic E-state index is 0.626. The van der Waals surface area contributed by atoms with E-state index in [1.54, 1.807) is 7.11 Å². The van der Waals surface area contributed by atoms with E-state index in [0.29, 0.717) is 5.13 Å². The van der Waals surface area contributed by atoms with Gasteiger partial charge in [-0.3, -0.25) is 0 Å². The molecule has 6 heteroatoms. The van der Waals surface area contributed by atoms with E-state index < -0.39 is 0 Å². The minimum Gasteiger partial charge on any atom is -0.497 e. The van der Waals surface area contributed by atoms with Crippen LogP contribution in [0, 0.1) is 0 Å². The molecule has 0 fully saturated rings. The van der Waals surface area contributed by atoms with Crippen LogP contribution in [0.1, 0.15) is 19.8 Å². The van der Waals surface area contributed by atoms with Crippen LogP contribution in [0.3, 0.4) is 0 Å². The quantitative estimate of drug-likeness (QED) is 0.397. The van der Waals surface area contributed by atoms with Crippen molar-refractivity contribution in [2.75, 3.05) is 13.7 Å². The maximum atomic E-state index is 5.63. The van der Waals surface area contributed by atoms with Crippen molar-refractivity contribution in [3.05, 3.63) is 42.5 Å². The third kappa shape index (κ3) is 4.08. The average Bonchev–Trinajstić information content (AvgIpc) is 3.03. The SMILES string of the molecule is CCCCOc1ccc(N=Nc2nc3ccc(OC)cc3s2)cc1. The summed E-state index contributed by atoms with van der Waals surface area (Å²) >= 11 is 1.49. The molecule has 0 spiro atoms. The van der Waals surface area contributed by atoms with Crippen molar-refractivity contribution in [3.8, 4) is 11.5 Å². The zero-order valence-corrected chi connectivity index (χ0v) is 14.5. The van der Waals surface area contributed by atoms with Gasteiger partial charge >= 0.3 is 0 Å². The van der Waals surface area contributed by atoms with E-state index in [1.807, 2.05) is 42.5 Å². The maximum Gasteiger partial charge on any atom is 0.231 e. The highest BCUT2D eigenvalue weighted by Crippen LogP contribution is 2.31. The van der Waals surface area contributed by atoms with Gasteiger partial charge in [-0.05, 0) is 48.9 Å². The summed E-state index contributed by atoms with van der Waals surface area (Å²) in [5.74, 6) is 1.67. The molecule has 1 heterocycles. The molecule has 3 aromatic rings. The Morgan fingerprint density at radius 3 is 2.58 bits per heavy atom. The van der Waals surface area contributed by atoms with Crippen molar-refractivity contribution in [2.24, 2.45) is 10.2 Å². The van der Waals surface area contributed by atoms with Gasteiger partial charge in [0.25, 0.3) is 0 Å². The molecule has 0 N–H and O–H groups in total. The van der Waals surface area contributed by atoms with Gasteiger partial charge in [-0.25, -0.2) is 4.98 Å². The fourth-order valence-electron chi connectivity index (χ4n) is 2.11. The standard InChI is InChI=1S/C18H19N3O2S/c1-3-4-11-23-14-7-5-13(6-8-14)20-21-18-19-16-10-9-15(22-2)12-17(16)24-18/h5-10,12H,3-4,11H2,1-2H3. The molecule has 0 aliphatic carbocycles. The Kier molecular flexibility index (Phi) is 5.38. The number of nitrogens with zero attached hydrogens (tertiary/aromatic N) is 3. The first kappa shape index (κ1) is 16.4. The topological polar surface area (TPSA) is 56.1 Å². The van der Waals surface area contributed by atoms with E-state index in [9.17, 15) is 0 Å². The Morgan fingerprint density at radius 2 is 1.83 bits per heavy atom. The highest BCUT2D eigenvalue weighted by molar-refractivity contribution is 7.21. The molecule has 24 heavy (non-hydrogen) atoms. The second-order valence-electron chi connectivity index (χ2n) is 5.23. The number of hydrogen-bond donors (Lipinski definition) is 0. The maximum absolute atomic E-state index is 5.63. The predicted octanol–water partition coefficient (Wildman–Crippen LogP) is 5.90. The second kappa shape index (κ2) is 7.88. The average molecular weight is 341 g/mol. The molecule has 0 saturated heterocycles. The van der Waals surface area contributed by atoms with Crippen LogP contribution in [0.25, 0.3) is 10.2 Å². The molecule has 124 valence electrons. The van der Waals surface area contributed by atoms with E-state index in [0.717, 1.165) is 46.9 Å². The van der Waals surface area contributed by atoms with Crippen LogP contribution >= 0.6 is 11.3 Å². The molecule has 0 bridgehead atoms. The first-order valence-electron chi connectivity index (χ1n) is 7.87. The predicted molar refractivity (Wildman–Crippen MR) is 97.2 cm³/mol. The Bertz CT molecular complexity index is 828. The number of azo groups is 1. The fourth-order valence-corrected chi connectivity index (χ4v) is 2.92. The Hall–Kier alpha value is -2.47. The third-order valence-electron chi connectivity index (χ3n) is 3.44. The zero-order chi connectivity index (χ0) is 16.8. The second-order valence-corrected chi connectivity index (χ2v) is 6.24. The summed E-state index contributed by atoms with van der Waals surface area (Å²) < 4.78 is 11.9. The van der Waals surface area contributed by atoms with Gasteiger partial charge < -0.3 is 9.47 Å². The number of unbranched alkanes of at least 4 members (excludes halogenated alkanes) is 1. The van der Waals surface area contributed by atoms with Crippen LogP contribution in [-0.2, 0) is 0 Å². The first-order valence-corrected chi connectivity index (χ1v) is 8.69. The van der Waals surface area contributed by atoms with E-state index >= 15 is 0 Å². The molecular formula is C18H19N3O2S. The van der Waals surface area contributed by atoms with E-state index in [1.165, 1.54) is 11.3 Å². The number of fused-ring (bicyclic) bond motifs is 1. The first-order chi connectivity index (χ1) is 11.8.